The van der Waals surface area contributed by atoms with Gasteiger partial charge in [-0.2, -0.15) is 5.26 Å². The minimum atomic E-state index is -0.543. The maximum absolute atomic E-state index is 12.6. The molecule has 0 fully saturated rings. The molecule has 168 valence electrons. The molecule has 0 aromatic heterocycles. The van der Waals surface area contributed by atoms with Crippen LogP contribution in [-0.4, -0.2) is 12.5 Å². The molecule has 3 aromatic carbocycles. The third kappa shape index (κ3) is 6.73. The number of nitrogens with zero attached hydrogens (tertiary/aromatic N) is 1. The molecule has 0 aliphatic carbocycles. The molecule has 0 bridgehead atoms. The van der Waals surface area contributed by atoms with Crippen LogP contribution in [0.4, 0.5) is 5.69 Å². The van der Waals surface area contributed by atoms with Gasteiger partial charge >= 0.3 is 0 Å². The van der Waals surface area contributed by atoms with E-state index in [1.54, 1.807) is 30.3 Å². The first-order valence-corrected chi connectivity index (χ1v) is 11.7. The minimum absolute atomic E-state index is 0.0541. The number of nitrogens with one attached hydrogen (secondary N) is 1. The van der Waals surface area contributed by atoms with Crippen molar-refractivity contribution >= 4 is 51.9 Å². The van der Waals surface area contributed by atoms with Gasteiger partial charge in [0.25, 0.3) is 5.91 Å². The van der Waals surface area contributed by atoms with Crippen LogP contribution in [0.2, 0.25) is 5.02 Å². The van der Waals surface area contributed by atoms with E-state index in [1.165, 1.54) is 6.08 Å². The molecule has 33 heavy (non-hydrogen) atoms. The second-order valence-electron chi connectivity index (χ2n) is 7.14. The first-order valence-electron chi connectivity index (χ1n) is 10.2. The van der Waals surface area contributed by atoms with E-state index in [1.807, 2.05) is 44.2 Å². The Balaban J connectivity index is 1.86. The van der Waals surface area contributed by atoms with Gasteiger partial charge in [0.05, 0.1) is 20.9 Å². The number of amides is 1. The number of hydrogen-bond donors (Lipinski definition) is 1. The van der Waals surface area contributed by atoms with Gasteiger partial charge in [-0.3, -0.25) is 4.79 Å². The first-order chi connectivity index (χ1) is 15.9. The predicted octanol–water partition coefficient (Wildman–Crippen LogP) is 6.78. The average Bonchev–Trinajstić information content (AvgIpc) is 2.78. The second kappa shape index (κ2) is 11.7. The standard InChI is InChI=1S/C26H22ClIN2O3/c1-3-32-24-14-19(12-20(15-29)26(31)30-23-10-5-4-9-21(23)27)13-22(28)25(24)33-16-18-8-6-7-17(2)11-18/h4-14H,3,16H2,1-2H3,(H,30,31)/b20-12+. The molecule has 0 aliphatic rings. The molecule has 0 unspecified atom stereocenters. The highest BCUT2D eigenvalue weighted by Gasteiger charge is 2.15. The van der Waals surface area contributed by atoms with Crippen LogP contribution in [-0.2, 0) is 11.4 Å². The Morgan fingerprint density at radius 1 is 1.15 bits per heavy atom. The van der Waals surface area contributed by atoms with Crippen molar-refractivity contribution in [2.45, 2.75) is 20.5 Å². The zero-order valence-corrected chi connectivity index (χ0v) is 21.1. The molecule has 3 aromatic rings. The number of ether oxygens (including phenoxy) is 2. The van der Waals surface area contributed by atoms with E-state index in [0.29, 0.717) is 41.0 Å². The van der Waals surface area contributed by atoms with E-state index in [0.717, 1.165) is 14.7 Å². The summed E-state index contributed by atoms with van der Waals surface area (Å²) in [4.78, 5) is 12.6. The SMILES string of the molecule is CCOc1cc(/C=C(\C#N)C(=O)Nc2ccccc2Cl)cc(I)c1OCc1cccc(C)c1. The Labute approximate surface area is 212 Å². The third-order valence-corrected chi connectivity index (χ3v) is 5.73. The molecule has 0 radical (unpaired) electrons. The number of halogens is 2. The van der Waals surface area contributed by atoms with E-state index in [4.69, 9.17) is 21.1 Å². The Bertz CT molecular complexity index is 1230. The quantitative estimate of drug-likeness (QED) is 0.184. The largest absolute Gasteiger partial charge is 0.490 e. The van der Waals surface area contributed by atoms with E-state index in [2.05, 4.69) is 34.0 Å². The monoisotopic (exact) mass is 572 g/mol. The van der Waals surface area contributed by atoms with Gasteiger partial charge in [0.2, 0.25) is 0 Å². The van der Waals surface area contributed by atoms with Crippen LogP contribution in [0, 0.1) is 21.8 Å². The number of nitriles is 1. The van der Waals surface area contributed by atoms with Crippen LogP contribution < -0.4 is 14.8 Å². The van der Waals surface area contributed by atoms with Crippen LogP contribution in [0.15, 0.2) is 66.2 Å². The van der Waals surface area contributed by atoms with Gasteiger partial charge in [0.1, 0.15) is 18.2 Å². The number of aryl methyl sites for hydroxylation is 1. The molecule has 0 saturated carbocycles. The molecular formula is C26H22ClIN2O3. The summed E-state index contributed by atoms with van der Waals surface area (Å²) in [6.45, 7) is 4.77. The topological polar surface area (TPSA) is 71.3 Å². The lowest BCUT2D eigenvalue weighted by atomic mass is 10.1. The summed E-state index contributed by atoms with van der Waals surface area (Å²) in [5.74, 6) is 0.626. The summed E-state index contributed by atoms with van der Waals surface area (Å²) in [6, 6.07) is 20.5. The molecule has 0 saturated heterocycles. The summed E-state index contributed by atoms with van der Waals surface area (Å²) < 4.78 is 12.7. The Morgan fingerprint density at radius 2 is 1.94 bits per heavy atom. The molecular weight excluding hydrogens is 551 g/mol. The van der Waals surface area contributed by atoms with Crippen molar-refractivity contribution in [1.29, 1.82) is 5.26 Å². The Morgan fingerprint density at radius 3 is 2.64 bits per heavy atom. The molecule has 7 heteroatoms. The average molecular weight is 573 g/mol. The second-order valence-corrected chi connectivity index (χ2v) is 8.71. The maximum Gasteiger partial charge on any atom is 0.266 e. The summed E-state index contributed by atoms with van der Waals surface area (Å²) in [5.41, 5.74) is 3.25. The van der Waals surface area contributed by atoms with Gasteiger partial charge in [-0.15, -0.1) is 0 Å². The lowest BCUT2D eigenvalue weighted by Crippen LogP contribution is -2.13. The van der Waals surface area contributed by atoms with Crippen molar-refractivity contribution in [2.75, 3.05) is 11.9 Å². The number of rotatable bonds is 8. The molecule has 5 nitrogen and oxygen atoms in total. The van der Waals surface area contributed by atoms with Crippen molar-refractivity contribution in [3.63, 3.8) is 0 Å². The zero-order valence-electron chi connectivity index (χ0n) is 18.2. The van der Waals surface area contributed by atoms with Crippen molar-refractivity contribution in [3.8, 4) is 17.6 Å². The van der Waals surface area contributed by atoms with Gasteiger partial charge in [0.15, 0.2) is 11.5 Å². The van der Waals surface area contributed by atoms with E-state index >= 15 is 0 Å². The molecule has 0 aliphatic heterocycles. The fourth-order valence-corrected chi connectivity index (χ4v) is 4.06. The summed E-state index contributed by atoms with van der Waals surface area (Å²) in [5, 5.41) is 12.6. The number of carbonyl (C=O) groups excluding carboxylic acids is 1. The lowest BCUT2D eigenvalue weighted by Gasteiger charge is -2.15. The van der Waals surface area contributed by atoms with Crippen molar-refractivity contribution < 1.29 is 14.3 Å². The van der Waals surface area contributed by atoms with Crippen LogP contribution in [0.5, 0.6) is 11.5 Å². The van der Waals surface area contributed by atoms with Gasteiger partial charge in [-0.05, 0) is 77.9 Å². The molecule has 1 amide bonds. The molecule has 3 rings (SSSR count). The lowest BCUT2D eigenvalue weighted by molar-refractivity contribution is -0.112. The van der Waals surface area contributed by atoms with Gasteiger partial charge in [0, 0.05) is 0 Å². The Hall–Kier alpha value is -3.02. The van der Waals surface area contributed by atoms with Gasteiger partial charge in [-0.1, -0.05) is 53.6 Å². The maximum atomic E-state index is 12.6. The van der Waals surface area contributed by atoms with Crippen molar-refractivity contribution in [1.82, 2.24) is 0 Å². The number of para-hydroxylation sites is 1. The van der Waals surface area contributed by atoms with Crippen LogP contribution in [0.1, 0.15) is 23.6 Å². The predicted molar refractivity (Wildman–Crippen MR) is 140 cm³/mol. The summed E-state index contributed by atoms with van der Waals surface area (Å²) in [7, 11) is 0. The highest BCUT2D eigenvalue weighted by atomic mass is 127. The fourth-order valence-electron chi connectivity index (χ4n) is 3.10. The molecule has 0 atom stereocenters. The highest BCUT2D eigenvalue weighted by Crippen LogP contribution is 2.35. The molecule has 0 spiro atoms. The van der Waals surface area contributed by atoms with Gasteiger partial charge < -0.3 is 14.8 Å². The van der Waals surface area contributed by atoms with Gasteiger partial charge in [-0.25, -0.2) is 0 Å². The third-order valence-electron chi connectivity index (χ3n) is 4.60. The number of hydrogen-bond acceptors (Lipinski definition) is 4. The molecule has 1 N–H and O–H groups in total. The van der Waals surface area contributed by atoms with Crippen molar-refractivity contribution in [3.05, 3.63) is 91.5 Å². The minimum Gasteiger partial charge on any atom is -0.490 e. The zero-order chi connectivity index (χ0) is 23.8. The molecule has 0 heterocycles. The van der Waals surface area contributed by atoms with Crippen LogP contribution >= 0.6 is 34.2 Å². The van der Waals surface area contributed by atoms with E-state index in [-0.39, 0.29) is 5.57 Å². The van der Waals surface area contributed by atoms with Crippen LogP contribution in [0.3, 0.4) is 0 Å². The van der Waals surface area contributed by atoms with Crippen LogP contribution in [0.25, 0.3) is 6.08 Å². The van der Waals surface area contributed by atoms with E-state index < -0.39 is 5.91 Å². The highest BCUT2D eigenvalue weighted by molar-refractivity contribution is 14.1. The number of benzene rings is 3. The Kier molecular flexibility index (Phi) is 8.75. The first kappa shape index (κ1) is 24.6. The summed E-state index contributed by atoms with van der Waals surface area (Å²) in [6.07, 6.45) is 1.52. The number of anilines is 1. The van der Waals surface area contributed by atoms with Crippen molar-refractivity contribution in [2.24, 2.45) is 0 Å². The van der Waals surface area contributed by atoms with E-state index in [9.17, 15) is 10.1 Å². The number of carbonyl (C=O) groups is 1. The smallest absolute Gasteiger partial charge is 0.266 e. The normalized spacial score (nSPS) is 10.9. The fraction of sp³-hybridized carbons (Fsp3) is 0.154. The summed E-state index contributed by atoms with van der Waals surface area (Å²) >= 11 is 8.27.